The number of nitrogen functional groups attached to an aromatic ring is 1. The number of fused-ring (bicyclic) bond motifs is 3. The molecule has 5 heterocycles. The standard InChI is InChI=1S/C38H35N9O3S2/c1-45-12-14-46(15-13-45)28-6-5-25-17-24(3-4-26(25)19-28)18-27(22-39)36(48)42-8-2-11-47-30-7-9-41-35(40)34(30)44-38(47)52-33-21-32-31(49-23-50-32)20-29(33)37-43-10-16-51-37/h3-7,9-10,16-21H,2,8,11-15,23H2,1H3,(H2,40,41)(H,42,48). The van der Waals surface area contributed by atoms with Crippen LogP contribution in [0.1, 0.15) is 12.0 Å². The molecule has 52 heavy (non-hydrogen) atoms. The van der Waals surface area contributed by atoms with E-state index in [0.717, 1.165) is 63.5 Å². The summed E-state index contributed by atoms with van der Waals surface area (Å²) in [4.78, 5) is 32.5. The molecular weight excluding hydrogens is 695 g/mol. The highest BCUT2D eigenvalue weighted by atomic mass is 32.2. The smallest absolute Gasteiger partial charge is 0.261 e. The Morgan fingerprint density at radius 2 is 1.85 bits per heavy atom. The highest BCUT2D eigenvalue weighted by Gasteiger charge is 2.23. The summed E-state index contributed by atoms with van der Waals surface area (Å²) in [7, 11) is 2.15. The molecule has 0 atom stereocenters. The Morgan fingerprint density at radius 3 is 2.65 bits per heavy atom. The minimum Gasteiger partial charge on any atom is -0.454 e. The maximum atomic E-state index is 13.2. The van der Waals surface area contributed by atoms with E-state index in [1.807, 2.05) is 41.8 Å². The summed E-state index contributed by atoms with van der Waals surface area (Å²) in [6.45, 7) is 5.15. The Hall–Kier alpha value is -5.62. The van der Waals surface area contributed by atoms with Crippen LogP contribution in [-0.2, 0) is 11.3 Å². The van der Waals surface area contributed by atoms with Gasteiger partial charge < -0.3 is 34.9 Å². The number of aromatic nitrogens is 4. The number of nitriles is 1. The molecule has 3 aromatic carbocycles. The Kier molecular flexibility index (Phi) is 9.38. The third-order valence-corrected chi connectivity index (χ3v) is 11.1. The van der Waals surface area contributed by atoms with Crippen molar-refractivity contribution >= 4 is 68.4 Å². The first-order valence-electron chi connectivity index (χ1n) is 16.9. The second kappa shape index (κ2) is 14.5. The zero-order chi connectivity index (χ0) is 35.6. The van der Waals surface area contributed by atoms with Gasteiger partial charge in [0.05, 0.1) is 5.52 Å². The number of hydrogen-bond donors (Lipinski definition) is 2. The average molecular weight is 730 g/mol. The fourth-order valence-electron chi connectivity index (χ4n) is 6.43. The molecule has 0 unspecified atom stereocenters. The van der Waals surface area contributed by atoms with Crippen molar-refractivity contribution in [3.63, 3.8) is 0 Å². The van der Waals surface area contributed by atoms with E-state index in [-0.39, 0.29) is 12.4 Å². The van der Waals surface area contributed by atoms with Crippen molar-refractivity contribution in [2.24, 2.45) is 0 Å². The van der Waals surface area contributed by atoms with E-state index in [9.17, 15) is 10.1 Å². The number of amides is 1. The van der Waals surface area contributed by atoms with Gasteiger partial charge in [-0.2, -0.15) is 5.26 Å². The first-order valence-corrected chi connectivity index (χ1v) is 18.6. The van der Waals surface area contributed by atoms with Crippen LogP contribution in [0.5, 0.6) is 11.5 Å². The van der Waals surface area contributed by atoms with Crippen LogP contribution in [0.4, 0.5) is 11.5 Å². The molecule has 2 aliphatic rings. The summed E-state index contributed by atoms with van der Waals surface area (Å²) in [5, 5.41) is 18.5. The van der Waals surface area contributed by atoms with Gasteiger partial charge in [-0.25, -0.2) is 15.0 Å². The number of imidazole rings is 1. The number of piperazine rings is 1. The van der Waals surface area contributed by atoms with E-state index in [4.69, 9.17) is 20.2 Å². The third kappa shape index (κ3) is 6.85. The third-order valence-electron chi connectivity index (χ3n) is 9.24. The van der Waals surface area contributed by atoms with Crippen LogP contribution < -0.4 is 25.4 Å². The molecular formula is C38H35N9O3S2. The van der Waals surface area contributed by atoms with Crippen molar-refractivity contribution in [3.05, 3.63) is 83.5 Å². The number of nitrogens with zero attached hydrogens (tertiary/aromatic N) is 7. The molecule has 0 bridgehead atoms. The van der Waals surface area contributed by atoms with Crippen LogP contribution in [0.15, 0.2) is 88.0 Å². The molecule has 2 aliphatic heterocycles. The zero-order valence-electron chi connectivity index (χ0n) is 28.4. The molecule has 1 saturated heterocycles. The molecule has 8 rings (SSSR count). The average Bonchev–Trinajstić information content (AvgIpc) is 3.93. The normalized spacial score (nSPS) is 14.6. The minimum atomic E-state index is -0.417. The molecule has 1 amide bonds. The molecule has 12 nitrogen and oxygen atoms in total. The van der Waals surface area contributed by atoms with Gasteiger partial charge in [0.2, 0.25) is 6.79 Å². The Labute approximate surface area is 308 Å². The number of pyridine rings is 1. The van der Waals surface area contributed by atoms with Crippen molar-refractivity contribution in [2.75, 3.05) is 57.2 Å². The molecule has 3 N–H and O–H groups in total. The number of anilines is 2. The lowest BCUT2D eigenvalue weighted by atomic mass is 10.0. The number of carbonyl (C=O) groups excluding carboxylic acids is 1. The summed E-state index contributed by atoms with van der Waals surface area (Å²) in [5.41, 5.74) is 10.7. The largest absolute Gasteiger partial charge is 0.454 e. The fraction of sp³-hybridized carbons (Fsp3) is 0.237. The first-order chi connectivity index (χ1) is 25.4. The van der Waals surface area contributed by atoms with Crippen LogP contribution in [0.2, 0.25) is 0 Å². The summed E-state index contributed by atoms with van der Waals surface area (Å²) >= 11 is 3.02. The van der Waals surface area contributed by atoms with Gasteiger partial charge in [0.25, 0.3) is 5.91 Å². The Balaban J connectivity index is 0.961. The van der Waals surface area contributed by atoms with Crippen LogP contribution in [0.25, 0.3) is 38.5 Å². The molecule has 262 valence electrons. The van der Waals surface area contributed by atoms with E-state index in [2.05, 4.69) is 61.0 Å². The zero-order valence-corrected chi connectivity index (χ0v) is 30.0. The molecule has 0 radical (unpaired) electrons. The molecule has 1 fully saturated rings. The number of carbonyl (C=O) groups is 1. The van der Waals surface area contributed by atoms with Gasteiger partial charge in [-0.15, -0.1) is 11.3 Å². The lowest BCUT2D eigenvalue weighted by molar-refractivity contribution is -0.117. The number of nitrogens with two attached hydrogens (primary N) is 1. The topological polar surface area (TPSA) is 147 Å². The summed E-state index contributed by atoms with van der Waals surface area (Å²) in [5.74, 6) is 1.26. The van der Waals surface area contributed by atoms with Crippen LogP contribution in [0, 0.1) is 11.3 Å². The highest BCUT2D eigenvalue weighted by Crippen LogP contribution is 2.45. The number of rotatable bonds is 10. The SMILES string of the molecule is CN1CCN(c2ccc3cc(C=C(C#N)C(=O)NCCCn4c(Sc5cc6c(cc5-c5nccs5)OCO6)nc5c(N)nccc54)ccc3c2)CC1. The van der Waals surface area contributed by atoms with Gasteiger partial charge in [0.15, 0.2) is 22.5 Å². The maximum absolute atomic E-state index is 13.2. The monoisotopic (exact) mass is 729 g/mol. The predicted molar refractivity (Wildman–Crippen MR) is 205 cm³/mol. The van der Waals surface area contributed by atoms with Crippen LogP contribution in [-0.4, -0.2) is 76.9 Å². The van der Waals surface area contributed by atoms with Gasteiger partial charge in [0, 0.05) is 73.2 Å². The van der Waals surface area contributed by atoms with Crippen molar-refractivity contribution < 1.29 is 14.3 Å². The summed E-state index contributed by atoms with van der Waals surface area (Å²) in [6, 6.07) is 20.3. The van der Waals surface area contributed by atoms with Crippen LogP contribution in [0.3, 0.4) is 0 Å². The van der Waals surface area contributed by atoms with E-state index in [1.54, 1.807) is 18.5 Å². The second-order valence-corrected chi connectivity index (χ2v) is 14.5. The molecule has 0 spiro atoms. The van der Waals surface area contributed by atoms with Crippen molar-refractivity contribution in [2.45, 2.75) is 23.0 Å². The van der Waals surface area contributed by atoms with Gasteiger partial charge in [-0.3, -0.25) is 4.79 Å². The number of aryl methyl sites for hydroxylation is 1. The Bertz CT molecular complexity index is 2360. The maximum Gasteiger partial charge on any atom is 0.261 e. The first kappa shape index (κ1) is 33.5. The van der Waals surface area contributed by atoms with E-state index >= 15 is 0 Å². The molecule has 0 aliphatic carbocycles. The van der Waals surface area contributed by atoms with Gasteiger partial charge in [-0.1, -0.05) is 30.0 Å². The Morgan fingerprint density at radius 1 is 1.04 bits per heavy atom. The fourth-order valence-corrected chi connectivity index (χ4v) is 8.22. The van der Waals surface area contributed by atoms with Crippen molar-refractivity contribution in [3.8, 4) is 28.1 Å². The highest BCUT2D eigenvalue weighted by molar-refractivity contribution is 7.99. The quantitative estimate of drug-likeness (QED) is 0.0967. The van der Waals surface area contributed by atoms with Crippen molar-refractivity contribution in [1.29, 1.82) is 5.26 Å². The van der Waals surface area contributed by atoms with Crippen LogP contribution >= 0.6 is 23.1 Å². The summed E-state index contributed by atoms with van der Waals surface area (Å²) in [6.07, 6.45) is 5.66. The van der Waals surface area contributed by atoms with Crippen molar-refractivity contribution in [1.82, 2.24) is 29.7 Å². The molecule has 6 aromatic rings. The van der Waals surface area contributed by atoms with E-state index in [1.165, 1.54) is 28.8 Å². The molecule has 14 heteroatoms. The van der Waals surface area contributed by atoms with Gasteiger partial charge in [-0.05, 0) is 72.3 Å². The number of hydrogen-bond acceptors (Lipinski definition) is 12. The van der Waals surface area contributed by atoms with E-state index in [0.29, 0.717) is 47.5 Å². The predicted octanol–water partition coefficient (Wildman–Crippen LogP) is 6.04. The number of nitrogens with one attached hydrogen (secondary N) is 1. The lowest BCUT2D eigenvalue weighted by Gasteiger charge is -2.34. The lowest BCUT2D eigenvalue weighted by Crippen LogP contribution is -2.44. The van der Waals surface area contributed by atoms with Gasteiger partial charge in [0.1, 0.15) is 22.2 Å². The van der Waals surface area contributed by atoms with Gasteiger partial charge >= 0.3 is 0 Å². The molecule has 3 aromatic heterocycles. The van der Waals surface area contributed by atoms with E-state index < -0.39 is 5.91 Å². The number of thiazole rings is 1. The second-order valence-electron chi connectivity index (χ2n) is 12.6. The number of ether oxygens (including phenoxy) is 2. The minimum absolute atomic E-state index is 0.0501. The molecule has 0 saturated carbocycles. The summed E-state index contributed by atoms with van der Waals surface area (Å²) < 4.78 is 13.4. The number of benzene rings is 3. The number of likely N-dealkylation sites (N-methyl/N-ethyl adjacent to an activating group) is 1.